The summed E-state index contributed by atoms with van der Waals surface area (Å²) < 4.78 is 10.8. The average Bonchev–Trinajstić information content (AvgIpc) is 2.79. The van der Waals surface area contributed by atoms with E-state index in [4.69, 9.17) is 20.9 Å². The summed E-state index contributed by atoms with van der Waals surface area (Å²) in [5.41, 5.74) is 0.824. The fraction of sp³-hybridized carbons (Fsp3) is 0.429. The number of aromatic nitrogens is 2. The van der Waals surface area contributed by atoms with E-state index in [9.17, 15) is 0 Å². The third-order valence-corrected chi connectivity index (χ3v) is 3.03. The summed E-state index contributed by atoms with van der Waals surface area (Å²) in [5.74, 6) is 1.89. The van der Waals surface area contributed by atoms with Crippen LogP contribution in [0.25, 0.3) is 0 Å². The molecule has 0 saturated carbocycles. The second kappa shape index (κ2) is 5.21. The molecule has 0 unspecified atom stereocenters. The summed E-state index contributed by atoms with van der Waals surface area (Å²) in [4.78, 5) is 4.31. The van der Waals surface area contributed by atoms with Crippen molar-refractivity contribution in [2.45, 2.75) is 39.7 Å². The van der Waals surface area contributed by atoms with Crippen LogP contribution < -0.4 is 4.74 Å². The highest BCUT2D eigenvalue weighted by Crippen LogP contribution is 2.22. The number of benzene rings is 1. The van der Waals surface area contributed by atoms with Crippen molar-refractivity contribution in [1.82, 2.24) is 10.1 Å². The molecule has 0 bridgehead atoms. The van der Waals surface area contributed by atoms with Gasteiger partial charge in [0.1, 0.15) is 5.75 Å². The smallest absolute Gasteiger partial charge is 0.232 e. The maximum absolute atomic E-state index is 5.96. The molecular weight excluding hydrogens is 264 g/mol. The van der Waals surface area contributed by atoms with Gasteiger partial charge in [-0.05, 0) is 30.7 Å². The van der Waals surface area contributed by atoms with E-state index < -0.39 is 0 Å². The lowest BCUT2D eigenvalue weighted by Crippen LogP contribution is -2.11. The monoisotopic (exact) mass is 280 g/mol. The van der Waals surface area contributed by atoms with E-state index in [1.807, 2.05) is 45.9 Å². The normalized spacial score (nSPS) is 11.6. The molecule has 2 rings (SSSR count). The largest absolute Gasteiger partial charge is 0.485 e. The van der Waals surface area contributed by atoms with Gasteiger partial charge in [0.2, 0.25) is 11.7 Å². The summed E-state index contributed by atoms with van der Waals surface area (Å²) in [7, 11) is 0. The highest BCUT2D eigenvalue weighted by Gasteiger charge is 2.21. The van der Waals surface area contributed by atoms with E-state index in [2.05, 4.69) is 10.1 Å². The van der Waals surface area contributed by atoms with Gasteiger partial charge in [0, 0.05) is 10.4 Å². The lowest BCUT2D eigenvalue weighted by molar-refractivity contribution is 0.280. The first kappa shape index (κ1) is 13.9. The second-order valence-corrected chi connectivity index (χ2v) is 5.87. The minimum absolute atomic E-state index is 0.151. The van der Waals surface area contributed by atoms with Crippen molar-refractivity contribution in [3.63, 3.8) is 0 Å². The van der Waals surface area contributed by atoms with Crippen molar-refractivity contribution < 1.29 is 9.26 Å². The van der Waals surface area contributed by atoms with Gasteiger partial charge < -0.3 is 9.26 Å². The molecule has 0 fully saturated rings. The summed E-state index contributed by atoms with van der Waals surface area (Å²) in [6.07, 6.45) is 0. The Morgan fingerprint density at radius 2 is 2.05 bits per heavy atom. The lowest BCUT2D eigenvalue weighted by Gasteiger charge is -2.10. The van der Waals surface area contributed by atoms with E-state index >= 15 is 0 Å². The third-order valence-electron chi connectivity index (χ3n) is 2.61. The predicted octanol–water partition coefficient (Wildman–Crippen LogP) is 3.91. The summed E-state index contributed by atoms with van der Waals surface area (Å²) in [6.45, 7) is 8.27. The zero-order valence-corrected chi connectivity index (χ0v) is 12.3. The standard InChI is InChI=1S/C14H17ClN2O2/c1-9-7-10(5-6-11(9)15)18-8-12-16-13(19-17-12)14(2,3)4/h5-7H,8H2,1-4H3. The van der Waals surface area contributed by atoms with Gasteiger partial charge in [0.25, 0.3) is 0 Å². The Labute approximate surface area is 117 Å². The fourth-order valence-electron chi connectivity index (χ4n) is 1.47. The van der Waals surface area contributed by atoms with E-state index in [1.165, 1.54) is 0 Å². The van der Waals surface area contributed by atoms with Gasteiger partial charge >= 0.3 is 0 Å². The lowest BCUT2D eigenvalue weighted by atomic mass is 9.97. The van der Waals surface area contributed by atoms with Crippen LogP contribution in [0.5, 0.6) is 5.75 Å². The Morgan fingerprint density at radius 1 is 1.32 bits per heavy atom. The van der Waals surface area contributed by atoms with Gasteiger partial charge in [-0.1, -0.05) is 37.5 Å². The Hall–Kier alpha value is -1.55. The minimum Gasteiger partial charge on any atom is -0.485 e. The molecule has 0 aliphatic carbocycles. The molecule has 0 spiro atoms. The number of rotatable bonds is 3. The molecule has 4 nitrogen and oxygen atoms in total. The Kier molecular flexibility index (Phi) is 3.80. The van der Waals surface area contributed by atoms with Gasteiger partial charge in [-0.3, -0.25) is 0 Å². The van der Waals surface area contributed by atoms with Crippen molar-refractivity contribution in [3.8, 4) is 5.75 Å². The van der Waals surface area contributed by atoms with E-state index in [0.717, 1.165) is 16.3 Å². The maximum Gasteiger partial charge on any atom is 0.232 e. The zero-order chi connectivity index (χ0) is 14.0. The number of ether oxygens (including phenoxy) is 1. The van der Waals surface area contributed by atoms with E-state index in [1.54, 1.807) is 0 Å². The SMILES string of the molecule is Cc1cc(OCc2noc(C(C)(C)C)n2)ccc1Cl. The van der Waals surface area contributed by atoms with Crippen LogP contribution in [0.1, 0.15) is 38.0 Å². The molecular formula is C14H17ClN2O2. The molecule has 0 atom stereocenters. The number of hydrogen-bond acceptors (Lipinski definition) is 4. The third kappa shape index (κ3) is 3.47. The Bertz CT molecular complexity index is 573. The van der Waals surface area contributed by atoms with Gasteiger partial charge in [0.05, 0.1) is 0 Å². The van der Waals surface area contributed by atoms with Crippen molar-refractivity contribution in [3.05, 3.63) is 40.5 Å². The van der Waals surface area contributed by atoms with E-state index in [0.29, 0.717) is 11.7 Å². The minimum atomic E-state index is -0.151. The van der Waals surface area contributed by atoms with Crippen LogP contribution >= 0.6 is 11.6 Å². The summed E-state index contributed by atoms with van der Waals surface area (Å²) in [5, 5.41) is 4.62. The fourth-order valence-corrected chi connectivity index (χ4v) is 1.59. The van der Waals surface area contributed by atoms with Crippen LogP contribution in [0, 0.1) is 6.92 Å². The van der Waals surface area contributed by atoms with Gasteiger partial charge in [-0.2, -0.15) is 4.98 Å². The molecule has 0 aliphatic rings. The summed E-state index contributed by atoms with van der Waals surface area (Å²) in [6, 6.07) is 5.51. The van der Waals surface area contributed by atoms with Crippen molar-refractivity contribution >= 4 is 11.6 Å². The molecule has 0 aliphatic heterocycles. The molecule has 1 aromatic carbocycles. The first-order valence-corrected chi connectivity index (χ1v) is 6.46. The molecule has 2 aromatic rings. The number of halogens is 1. The zero-order valence-electron chi connectivity index (χ0n) is 11.5. The van der Waals surface area contributed by atoms with Crippen molar-refractivity contribution in [2.24, 2.45) is 0 Å². The van der Waals surface area contributed by atoms with Crippen LogP contribution in [0.15, 0.2) is 22.7 Å². The maximum atomic E-state index is 5.96. The van der Waals surface area contributed by atoms with Crippen molar-refractivity contribution in [2.75, 3.05) is 0 Å². The first-order valence-electron chi connectivity index (χ1n) is 6.08. The first-order chi connectivity index (χ1) is 8.86. The number of aryl methyl sites for hydroxylation is 1. The molecule has 102 valence electrons. The van der Waals surface area contributed by atoms with E-state index in [-0.39, 0.29) is 12.0 Å². The van der Waals surface area contributed by atoms with Crippen LogP contribution in [-0.2, 0) is 12.0 Å². The van der Waals surface area contributed by atoms with Gasteiger partial charge in [-0.15, -0.1) is 0 Å². The highest BCUT2D eigenvalue weighted by atomic mass is 35.5. The molecule has 1 heterocycles. The van der Waals surface area contributed by atoms with Crippen LogP contribution in [0.3, 0.4) is 0 Å². The molecule has 1 aromatic heterocycles. The van der Waals surface area contributed by atoms with Crippen LogP contribution in [0.2, 0.25) is 5.02 Å². The number of nitrogens with zero attached hydrogens (tertiary/aromatic N) is 2. The molecule has 0 amide bonds. The van der Waals surface area contributed by atoms with Crippen molar-refractivity contribution in [1.29, 1.82) is 0 Å². The Morgan fingerprint density at radius 3 is 2.63 bits per heavy atom. The molecule has 19 heavy (non-hydrogen) atoms. The van der Waals surface area contributed by atoms with Crippen LogP contribution in [-0.4, -0.2) is 10.1 Å². The molecule has 0 saturated heterocycles. The second-order valence-electron chi connectivity index (χ2n) is 5.47. The summed E-state index contributed by atoms with van der Waals surface area (Å²) >= 11 is 5.96. The average molecular weight is 281 g/mol. The van der Waals surface area contributed by atoms with Crippen LogP contribution in [0.4, 0.5) is 0 Å². The topological polar surface area (TPSA) is 48.2 Å². The quantitative estimate of drug-likeness (QED) is 0.855. The van der Waals surface area contributed by atoms with Gasteiger partial charge in [0.15, 0.2) is 6.61 Å². The molecule has 0 radical (unpaired) electrons. The molecule has 0 N–H and O–H groups in total. The number of hydrogen-bond donors (Lipinski definition) is 0. The Balaban J connectivity index is 2.02. The predicted molar refractivity (Wildman–Crippen MR) is 73.5 cm³/mol. The molecule has 5 heteroatoms. The van der Waals surface area contributed by atoms with Gasteiger partial charge in [-0.25, -0.2) is 0 Å². The highest BCUT2D eigenvalue weighted by molar-refractivity contribution is 6.31.